The molecule has 1 aliphatic heterocycles. The summed E-state index contributed by atoms with van der Waals surface area (Å²) < 4.78 is 7.75. The first-order valence-electron chi connectivity index (χ1n) is 5.58. The number of nitrogens with one attached hydrogen (secondary N) is 1. The lowest BCUT2D eigenvalue weighted by Crippen LogP contribution is -2.33. The topological polar surface area (TPSA) is 39.1 Å². The van der Waals surface area contributed by atoms with Gasteiger partial charge in [-0.3, -0.25) is 0 Å². The Balaban J connectivity index is 1.97. The van der Waals surface area contributed by atoms with Crippen LogP contribution in [-0.2, 0) is 11.8 Å². The van der Waals surface area contributed by atoms with E-state index < -0.39 is 0 Å². The van der Waals surface area contributed by atoms with Crippen LogP contribution in [-0.4, -0.2) is 29.2 Å². The van der Waals surface area contributed by atoms with E-state index >= 15 is 0 Å². The fraction of sp³-hybridized carbons (Fsp3) is 0.417. The minimum absolute atomic E-state index is 0.167. The van der Waals surface area contributed by atoms with Gasteiger partial charge in [-0.2, -0.15) is 0 Å². The molecule has 4 heteroatoms. The van der Waals surface area contributed by atoms with Gasteiger partial charge >= 0.3 is 0 Å². The van der Waals surface area contributed by atoms with E-state index in [9.17, 15) is 0 Å². The van der Waals surface area contributed by atoms with Crippen LogP contribution in [0.5, 0.6) is 0 Å². The average molecular weight is 217 g/mol. The summed E-state index contributed by atoms with van der Waals surface area (Å²) in [4.78, 5) is 4.36. The van der Waals surface area contributed by atoms with E-state index in [-0.39, 0.29) is 6.10 Å². The van der Waals surface area contributed by atoms with Gasteiger partial charge in [0.2, 0.25) is 0 Å². The van der Waals surface area contributed by atoms with Gasteiger partial charge in [-0.05, 0) is 17.7 Å². The van der Waals surface area contributed by atoms with E-state index in [1.807, 2.05) is 17.9 Å². The van der Waals surface area contributed by atoms with Crippen LogP contribution >= 0.6 is 0 Å². The molecule has 1 atom stereocenters. The summed E-state index contributed by atoms with van der Waals surface area (Å²) in [6.45, 7) is 2.62. The molecule has 0 saturated carbocycles. The second-order valence-electron chi connectivity index (χ2n) is 4.17. The Labute approximate surface area is 94.2 Å². The van der Waals surface area contributed by atoms with Crippen molar-refractivity contribution in [2.75, 3.05) is 19.7 Å². The summed E-state index contributed by atoms with van der Waals surface area (Å²) in [6.07, 6.45) is 2.01. The lowest BCUT2D eigenvalue weighted by Gasteiger charge is -2.23. The highest BCUT2D eigenvalue weighted by Crippen LogP contribution is 2.22. The van der Waals surface area contributed by atoms with Gasteiger partial charge in [-0.15, -0.1) is 0 Å². The number of imidazole rings is 1. The van der Waals surface area contributed by atoms with Crippen molar-refractivity contribution >= 4 is 11.0 Å². The Bertz CT molecular complexity index is 500. The minimum Gasteiger partial charge on any atom is -0.371 e. The van der Waals surface area contributed by atoms with Crippen LogP contribution in [0.3, 0.4) is 0 Å². The van der Waals surface area contributed by atoms with Gasteiger partial charge in [0, 0.05) is 20.1 Å². The van der Waals surface area contributed by atoms with E-state index in [2.05, 4.69) is 28.5 Å². The molecule has 0 amide bonds. The molecule has 2 heterocycles. The van der Waals surface area contributed by atoms with E-state index in [0.717, 1.165) is 30.7 Å². The smallest absolute Gasteiger partial charge is 0.0955 e. The van der Waals surface area contributed by atoms with Crippen LogP contribution in [0.25, 0.3) is 11.0 Å². The van der Waals surface area contributed by atoms with Crippen molar-refractivity contribution in [3.8, 4) is 0 Å². The second kappa shape index (κ2) is 3.88. The van der Waals surface area contributed by atoms with Crippen molar-refractivity contribution in [1.82, 2.24) is 14.9 Å². The van der Waals surface area contributed by atoms with E-state index in [1.165, 1.54) is 5.56 Å². The molecule has 1 saturated heterocycles. The number of aromatic nitrogens is 2. The molecule has 16 heavy (non-hydrogen) atoms. The molecule has 1 aromatic heterocycles. The van der Waals surface area contributed by atoms with E-state index in [0.29, 0.717) is 0 Å². The lowest BCUT2D eigenvalue weighted by molar-refractivity contribution is 0.0278. The van der Waals surface area contributed by atoms with Crippen LogP contribution < -0.4 is 5.32 Å². The monoisotopic (exact) mass is 217 g/mol. The van der Waals surface area contributed by atoms with E-state index in [1.54, 1.807) is 0 Å². The highest BCUT2D eigenvalue weighted by Gasteiger charge is 2.16. The first-order valence-corrected chi connectivity index (χ1v) is 5.58. The third kappa shape index (κ3) is 1.60. The molecule has 1 aromatic carbocycles. The number of aryl methyl sites for hydroxylation is 1. The third-order valence-electron chi connectivity index (χ3n) is 3.05. The Hall–Kier alpha value is -1.39. The molecule has 0 spiro atoms. The zero-order valence-electron chi connectivity index (χ0n) is 9.31. The summed E-state index contributed by atoms with van der Waals surface area (Å²) in [5, 5.41) is 3.34. The summed E-state index contributed by atoms with van der Waals surface area (Å²) in [5.41, 5.74) is 3.40. The van der Waals surface area contributed by atoms with Crippen molar-refractivity contribution in [2.24, 2.45) is 7.05 Å². The minimum atomic E-state index is 0.167. The van der Waals surface area contributed by atoms with E-state index in [4.69, 9.17) is 4.74 Å². The molecular formula is C12H15N3O. The summed E-state index contributed by atoms with van der Waals surface area (Å²) in [6, 6.07) is 6.35. The molecule has 1 aliphatic rings. The second-order valence-corrected chi connectivity index (χ2v) is 4.17. The highest BCUT2D eigenvalue weighted by molar-refractivity contribution is 5.76. The summed E-state index contributed by atoms with van der Waals surface area (Å²) >= 11 is 0. The van der Waals surface area contributed by atoms with Crippen LogP contribution in [0.1, 0.15) is 11.7 Å². The fourth-order valence-corrected chi connectivity index (χ4v) is 2.13. The molecule has 84 valence electrons. The molecule has 1 fully saturated rings. The summed E-state index contributed by atoms with van der Waals surface area (Å²) in [5.74, 6) is 0. The van der Waals surface area contributed by atoms with Crippen molar-refractivity contribution in [3.05, 3.63) is 30.1 Å². The van der Waals surface area contributed by atoms with Crippen LogP contribution in [0, 0.1) is 0 Å². The molecule has 4 nitrogen and oxygen atoms in total. The quantitative estimate of drug-likeness (QED) is 0.781. The van der Waals surface area contributed by atoms with Crippen molar-refractivity contribution in [3.63, 3.8) is 0 Å². The number of morpholine rings is 1. The summed E-state index contributed by atoms with van der Waals surface area (Å²) in [7, 11) is 2.01. The molecule has 2 aromatic rings. The maximum Gasteiger partial charge on any atom is 0.0955 e. The number of nitrogens with zero attached hydrogens (tertiary/aromatic N) is 2. The largest absolute Gasteiger partial charge is 0.371 e. The number of rotatable bonds is 1. The predicted molar refractivity (Wildman–Crippen MR) is 62.3 cm³/mol. The Morgan fingerprint density at radius 1 is 1.50 bits per heavy atom. The first kappa shape index (κ1) is 9.81. The molecule has 0 aliphatic carbocycles. The number of ether oxygens (including phenoxy) is 1. The van der Waals surface area contributed by atoms with Gasteiger partial charge < -0.3 is 14.6 Å². The van der Waals surface area contributed by atoms with Crippen LogP contribution in [0.2, 0.25) is 0 Å². The Morgan fingerprint density at radius 3 is 3.25 bits per heavy atom. The van der Waals surface area contributed by atoms with Crippen molar-refractivity contribution in [2.45, 2.75) is 6.10 Å². The van der Waals surface area contributed by atoms with Gasteiger partial charge in [0.1, 0.15) is 0 Å². The zero-order chi connectivity index (χ0) is 11.0. The van der Waals surface area contributed by atoms with Crippen LogP contribution in [0.15, 0.2) is 24.5 Å². The fourth-order valence-electron chi connectivity index (χ4n) is 2.13. The number of hydrogen-bond acceptors (Lipinski definition) is 3. The Morgan fingerprint density at radius 2 is 2.44 bits per heavy atom. The van der Waals surface area contributed by atoms with Gasteiger partial charge in [-0.25, -0.2) is 4.98 Å². The maximum absolute atomic E-state index is 5.72. The zero-order valence-corrected chi connectivity index (χ0v) is 9.31. The molecule has 1 unspecified atom stereocenters. The van der Waals surface area contributed by atoms with Gasteiger partial charge in [0.15, 0.2) is 0 Å². The number of fused-ring (bicyclic) bond motifs is 1. The SMILES string of the molecule is Cn1cnc2cc(C3CNCCO3)ccc21. The number of hydrogen-bond donors (Lipinski definition) is 1. The normalized spacial score (nSPS) is 21.4. The molecule has 0 radical (unpaired) electrons. The molecular weight excluding hydrogens is 202 g/mol. The Kier molecular flexibility index (Phi) is 2.38. The third-order valence-corrected chi connectivity index (χ3v) is 3.05. The van der Waals surface area contributed by atoms with Gasteiger partial charge in [0.25, 0.3) is 0 Å². The standard InChI is InChI=1S/C12H15N3O/c1-15-8-14-10-6-9(2-3-11(10)15)12-7-13-4-5-16-12/h2-3,6,8,12-13H,4-5,7H2,1H3. The molecule has 3 rings (SSSR count). The van der Waals surface area contributed by atoms with Crippen LogP contribution in [0.4, 0.5) is 0 Å². The average Bonchev–Trinajstić information content (AvgIpc) is 2.72. The number of benzene rings is 1. The highest BCUT2D eigenvalue weighted by atomic mass is 16.5. The first-order chi connectivity index (χ1) is 7.84. The van der Waals surface area contributed by atoms with Crippen molar-refractivity contribution in [1.29, 1.82) is 0 Å². The lowest BCUT2D eigenvalue weighted by atomic mass is 10.1. The predicted octanol–water partition coefficient (Wildman–Crippen LogP) is 1.23. The molecule has 1 N–H and O–H groups in total. The maximum atomic E-state index is 5.72. The molecule has 0 bridgehead atoms. The van der Waals surface area contributed by atoms with Crippen molar-refractivity contribution < 1.29 is 4.74 Å². The van der Waals surface area contributed by atoms with Gasteiger partial charge in [0.05, 0.1) is 30.1 Å². The van der Waals surface area contributed by atoms with Gasteiger partial charge in [-0.1, -0.05) is 6.07 Å².